The second kappa shape index (κ2) is 8.42. The van der Waals surface area contributed by atoms with Crippen LogP contribution in [0.4, 0.5) is 24.8 Å². The third-order valence-corrected chi connectivity index (χ3v) is 5.11. The highest BCUT2D eigenvalue weighted by Gasteiger charge is 2.15. The first-order valence-electron chi connectivity index (χ1n) is 8.53. The van der Waals surface area contributed by atoms with E-state index in [0.29, 0.717) is 17.3 Å². The molecule has 1 aromatic heterocycles. The van der Waals surface area contributed by atoms with Crippen LogP contribution in [0.2, 0.25) is 0 Å². The van der Waals surface area contributed by atoms with Crippen LogP contribution in [0, 0.1) is 35.8 Å². The van der Waals surface area contributed by atoms with E-state index in [1.54, 1.807) is 24.4 Å². The van der Waals surface area contributed by atoms with Gasteiger partial charge in [0, 0.05) is 28.9 Å². The largest absolute Gasteiger partial charge is 0.324 e. The lowest BCUT2D eigenvalue weighted by Gasteiger charge is -2.10. The first-order valence-corrected chi connectivity index (χ1v) is 10.6. The molecule has 1 unspecified atom stereocenters. The van der Waals surface area contributed by atoms with Crippen molar-refractivity contribution in [2.24, 2.45) is 0 Å². The maximum atomic E-state index is 14.2. The van der Waals surface area contributed by atoms with Gasteiger partial charge < -0.3 is 5.32 Å². The Morgan fingerprint density at radius 2 is 1.90 bits per heavy atom. The lowest BCUT2D eigenvalue weighted by molar-refractivity contribution is 0.580. The van der Waals surface area contributed by atoms with E-state index in [9.17, 15) is 17.4 Å². The van der Waals surface area contributed by atoms with E-state index in [4.69, 9.17) is 5.26 Å². The number of nitrogens with one attached hydrogen (secondary N) is 2. The Bertz CT molecular complexity index is 1280. The zero-order chi connectivity index (χ0) is 21.9. The lowest BCUT2D eigenvalue weighted by Crippen LogP contribution is -2.18. The molecule has 0 fully saturated rings. The molecule has 10 heteroatoms. The van der Waals surface area contributed by atoms with E-state index < -0.39 is 27.2 Å². The van der Waals surface area contributed by atoms with Crippen molar-refractivity contribution in [2.75, 3.05) is 11.6 Å². The fraction of sp³-hybridized carbons (Fsp3) is 0.100. The summed E-state index contributed by atoms with van der Waals surface area (Å²) in [5, 5.41) is 13.0. The van der Waals surface area contributed by atoms with Gasteiger partial charge >= 0.3 is 0 Å². The van der Waals surface area contributed by atoms with Gasteiger partial charge in [0.2, 0.25) is 5.95 Å². The number of halogens is 3. The van der Waals surface area contributed by atoms with Gasteiger partial charge in [-0.25, -0.2) is 32.1 Å². The second-order valence-electron chi connectivity index (χ2n) is 6.51. The normalized spacial score (nSPS) is 12.5. The van der Waals surface area contributed by atoms with Crippen molar-refractivity contribution in [2.45, 2.75) is 6.92 Å². The standard InChI is InChI=1S/C20H16F3N5OS/c1-12-5-13(10-30(2,29)26-11-24)7-15(6-12)27-20-25-9-18(23)19(28-20)16-4-3-14(21)8-17(16)22/h3-10H,1-2H3,(H,26,29)(H,25,27,28). The zero-order valence-corrected chi connectivity index (χ0v) is 16.7. The van der Waals surface area contributed by atoms with Gasteiger partial charge in [0.1, 0.15) is 17.3 Å². The molecule has 0 aliphatic rings. The van der Waals surface area contributed by atoms with Gasteiger partial charge in [-0.3, -0.25) is 0 Å². The van der Waals surface area contributed by atoms with Gasteiger partial charge in [0.25, 0.3) is 0 Å². The van der Waals surface area contributed by atoms with Crippen LogP contribution in [-0.4, -0.2) is 25.8 Å². The third kappa shape index (κ3) is 5.07. The van der Waals surface area contributed by atoms with Crippen molar-refractivity contribution in [1.82, 2.24) is 14.7 Å². The van der Waals surface area contributed by atoms with Crippen molar-refractivity contribution < 1.29 is 17.4 Å². The molecule has 0 spiro atoms. The Balaban J connectivity index is 1.98. The Hall–Kier alpha value is -3.58. The molecule has 30 heavy (non-hydrogen) atoms. The number of benzene rings is 2. The average Bonchev–Trinajstić information content (AvgIpc) is 2.62. The third-order valence-electron chi connectivity index (χ3n) is 3.90. The lowest BCUT2D eigenvalue weighted by atomic mass is 10.1. The quantitative estimate of drug-likeness (QED) is 0.366. The van der Waals surface area contributed by atoms with E-state index in [1.807, 2.05) is 6.92 Å². The number of hydrogen-bond acceptors (Lipinski definition) is 5. The highest BCUT2D eigenvalue weighted by molar-refractivity contribution is 7.99. The van der Waals surface area contributed by atoms with Crippen LogP contribution in [0.25, 0.3) is 11.3 Å². The molecule has 0 bridgehead atoms. The van der Waals surface area contributed by atoms with Gasteiger partial charge in [0.15, 0.2) is 12.0 Å². The van der Waals surface area contributed by atoms with Crippen LogP contribution in [0.3, 0.4) is 0 Å². The molecule has 0 saturated carbocycles. The van der Waals surface area contributed by atoms with Crippen molar-refractivity contribution in [3.05, 3.63) is 71.2 Å². The number of nitriles is 1. The van der Waals surface area contributed by atoms with Crippen molar-refractivity contribution >= 4 is 26.7 Å². The Morgan fingerprint density at radius 1 is 1.13 bits per heavy atom. The molecule has 0 aliphatic carbocycles. The summed E-state index contributed by atoms with van der Waals surface area (Å²) < 4.78 is 55.9. The predicted octanol–water partition coefficient (Wildman–Crippen LogP) is 3.66. The van der Waals surface area contributed by atoms with E-state index in [-0.39, 0.29) is 17.2 Å². The van der Waals surface area contributed by atoms with Crippen LogP contribution in [0.15, 0.2) is 42.6 Å². The molecule has 154 valence electrons. The minimum Gasteiger partial charge on any atom is -0.324 e. The molecule has 1 atom stereocenters. The molecule has 0 saturated heterocycles. The Morgan fingerprint density at radius 3 is 2.60 bits per heavy atom. The average molecular weight is 431 g/mol. The van der Waals surface area contributed by atoms with Gasteiger partial charge in [-0.2, -0.15) is 5.26 Å². The summed E-state index contributed by atoms with van der Waals surface area (Å²) in [6.45, 7) is 1.81. The minimum atomic E-state index is -2.71. The minimum absolute atomic E-state index is 0.0148. The van der Waals surface area contributed by atoms with E-state index in [1.165, 1.54) is 11.6 Å². The van der Waals surface area contributed by atoms with Gasteiger partial charge in [0.05, 0.1) is 15.9 Å². The molecule has 0 aliphatic heterocycles. The Labute approximate surface area is 171 Å². The fourth-order valence-corrected chi connectivity index (χ4v) is 3.66. The van der Waals surface area contributed by atoms with E-state index in [0.717, 1.165) is 23.9 Å². The molecule has 1 heterocycles. The van der Waals surface area contributed by atoms with Crippen LogP contribution in [-0.2, 0) is 9.71 Å². The summed E-state index contributed by atoms with van der Waals surface area (Å²) in [5.41, 5.74) is 1.36. The number of nitrogens with zero attached hydrogens (tertiary/aromatic N) is 3. The Kier molecular flexibility index (Phi) is 5.94. The first kappa shape index (κ1) is 21.1. The van der Waals surface area contributed by atoms with Crippen molar-refractivity contribution in [1.29, 1.82) is 5.26 Å². The monoisotopic (exact) mass is 431 g/mol. The maximum absolute atomic E-state index is 14.2. The smallest absolute Gasteiger partial charge is 0.227 e. The second-order valence-corrected chi connectivity index (χ2v) is 8.75. The highest BCUT2D eigenvalue weighted by Crippen LogP contribution is 2.26. The zero-order valence-electron chi connectivity index (χ0n) is 15.9. The number of hydrogen-bond donors (Lipinski definition) is 2. The summed E-state index contributed by atoms with van der Waals surface area (Å²) in [5.74, 6) is -2.61. The van der Waals surface area contributed by atoms with Gasteiger partial charge in [-0.15, -0.1) is 0 Å². The van der Waals surface area contributed by atoms with Crippen molar-refractivity contribution in [3.63, 3.8) is 0 Å². The van der Waals surface area contributed by atoms with Gasteiger partial charge in [-0.1, -0.05) is 6.07 Å². The van der Waals surface area contributed by atoms with Crippen LogP contribution >= 0.6 is 0 Å². The van der Waals surface area contributed by atoms with Crippen LogP contribution < -0.4 is 10.0 Å². The van der Waals surface area contributed by atoms with E-state index >= 15 is 0 Å². The number of rotatable bonds is 5. The summed E-state index contributed by atoms with van der Waals surface area (Å²) in [7, 11) is -2.71. The molecule has 0 amide bonds. The summed E-state index contributed by atoms with van der Waals surface area (Å²) in [6.07, 6.45) is 3.92. The number of aromatic nitrogens is 2. The molecule has 3 rings (SSSR count). The molecule has 0 radical (unpaired) electrons. The number of anilines is 2. The summed E-state index contributed by atoms with van der Waals surface area (Å²) in [6, 6.07) is 7.90. The molecular weight excluding hydrogens is 415 g/mol. The molecular formula is C20H16F3N5OS. The van der Waals surface area contributed by atoms with E-state index in [2.05, 4.69) is 20.0 Å². The summed E-state index contributed by atoms with van der Waals surface area (Å²) >= 11 is 0. The topological polar surface area (TPSA) is 90.7 Å². The van der Waals surface area contributed by atoms with Crippen LogP contribution in [0.5, 0.6) is 0 Å². The van der Waals surface area contributed by atoms with Gasteiger partial charge in [-0.05, 0) is 42.3 Å². The highest BCUT2D eigenvalue weighted by atomic mass is 32.2. The van der Waals surface area contributed by atoms with Crippen molar-refractivity contribution in [3.8, 4) is 17.5 Å². The molecule has 3 aromatic rings. The molecule has 2 aromatic carbocycles. The maximum Gasteiger partial charge on any atom is 0.227 e. The molecule has 2 N–H and O–H groups in total. The predicted molar refractivity (Wildman–Crippen MR) is 110 cm³/mol. The number of aryl methyl sites for hydroxylation is 1. The molecule has 6 nitrogen and oxygen atoms in total. The summed E-state index contributed by atoms with van der Waals surface area (Å²) in [4.78, 5) is 7.86. The first-order chi connectivity index (χ1) is 14.2. The SMILES string of the molecule is Cc1cc(C=S(C)(=O)NC#N)cc(Nc2ncc(F)c(-c3ccc(F)cc3F)n2)c1. The van der Waals surface area contributed by atoms with Crippen LogP contribution in [0.1, 0.15) is 11.1 Å². The fourth-order valence-electron chi connectivity index (χ4n) is 2.76.